The number of hydrogen-bond donors (Lipinski definition) is 0. The molecule has 0 unspecified atom stereocenters. The highest BCUT2D eigenvalue weighted by Crippen LogP contribution is 2.70. The van der Waals surface area contributed by atoms with Crippen LogP contribution in [0.1, 0.15) is 164 Å². The molecule has 0 aliphatic heterocycles. The molecule has 0 heterocycles. The molecule has 0 aromatic heterocycles. The van der Waals surface area contributed by atoms with Crippen molar-refractivity contribution in [2.24, 2.45) is 23.7 Å². The van der Waals surface area contributed by atoms with Crippen molar-refractivity contribution >= 4 is 17.1 Å². The fourth-order valence-corrected chi connectivity index (χ4v) is 12.2. The quantitative estimate of drug-likeness (QED) is 0.207. The summed E-state index contributed by atoms with van der Waals surface area (Å²) in [4.78, 5) is 1.59. The summed E-state index contributed by atoms with van der Waals surface area (Å²) in [5.41, 5.74) is -0.0193. The smallest absolute Gasteiger partial charge is 0.0648 e. The first-order chi connectivity index (χ1) is 29.6. The first-order valence-corrected chi connectivity index (χ1v) is 19.5. The second-order valence-electron chi connectivity index (χ2n) is 19.7. The Bertz CT molecular complexity index is 2670. The fourth-order valence-electron chi connectivity index (χ4n) is 12.2. The lowest BCUT2D eigenvalue weighted by Crippen LogP contribution is -2.55. The van der Waals surface area contributed by atoms with E-state index in [2.05, 4.69) is 0 Å². The van der Waals surface area contributed by atoms with Gasteiger partial charge < -0.3 is 4.90 Å². The maximum Gasteiger partial charge on any atom is 0.0648 e. The zero-order valence-electron chi connectivity index (χ0n) is 44.6. The van der Waals surface area contributed by atoms with E-state index in [9.17, 15) is 15.1 Å². The highest BCUT2D eigenvalue weighted by atomic mass is 15.2. The van der Waals surface area contributed by atoms with Gasteiger partial charge in [-0.2, -0.15) is 0 Å². The number of rotatable bonds is 3. The van der Waals surface area contributed by atoms with Crippen molar-refractivity contribution in [3.8, 4) is 11.1 Å². The van der Waals surface area contributed by atoms with Crippen LogP contribution in [0.25, 0.3) is 11.1 Å². The van der Waals surface area contributed by atoms with Crippen LogP contribution < -0.4 is 4.90 Å². The minimum Gasteiger partial charge on any atom is -0.310 e. The molecule has 4 aromatic rings. The van der Waals surface area contributed by atoms with E-state index in [0.29, 0.717) is 70.9 Å². The average molecular weight is 687 g/mol. The van der Waals surface area contributed by atoms with Crippen LogP contribution in [0.4, 0.5) is 17.1 Å². The van der Waals surface area contributed by atoms with Crippen LogP contribution in [-0.4, -0.2) is 0 Å². The van der Waals surface area contributed by atoms with Crippen LogP contribution in [0, 0.1) is 23.7 Å². The van der Waals surface area contributed by atoms with E-state index < -0.39 is 39.2 Å². The predicted octanol–water partition coefficient (Wildman–Crippen LogP) is 13.6. The molecule has 0 radical (unpaired) electrons. The summed E-state index contributed by atoms with van der Waals surface area (Å²) in [6.45, 7) is 16.3. The van der Waals surface area contributed by atoms with Gasteiger partial charge in [0.15, 0.2) is 0 Å². The van der Waals surface area contributed by atoms with Crippen LogP contribution in [0.5, 0.6) is 0 Å². The van der Waals surface area contributed by atoms with Gasteiger partial charge in [-0.25, -0.2) is 0 Å². The predicted molar refractivity (Wildman–Crippen MR) is 215 cm³/mol. The molecule has 1 nitrogen and oxygen atoms in total. The lowest BCUT2D eigenvalue weighted by Gasteiger charge is -2.61. The molecule has 4 saturated carbocycles. The zero-order chi connectivity index (χ0) is 46.6. The summed E-state index contributed by atoms with van der Waals surface area (Å²) in [6, 6.07) is -3.61. The maximum absolute atomic E-state index is 10.8. The Morgan fingerprint density at radius 2 is 0.961 bits per heavy atom. The molecule has 4 bridgehead atoms. The zero-order valence-corrected chi connectivity index (χ0v) is 31.6. The van der Waals surface area contributed by atoms with Crippen LogP contribution in [-0.2, 0) is 27.1 Å². The van der Waals surface area contributed by atoms with Crippen molar-refractivity contribution in [2.75, 3.05) is 4.90 Å². The molecular formula is C50H59N. The Morgan fingerprint density at radius 3 is 1.51 bits per heavy atom. The summed E-state index contributed by atoms with van der Waals surface area (Å²) >= 11 is 0. The Hall–Kier alpha value is -3.32. The van der Waals surface area contributed by atoms with Gasteiger partial charge in [0.2, 0.25) is 0 Å². The molecule has 7 aliphatic rings. The second-order valence-corrected chi connectivity index (χ2v) is 19.7. The van der Waals surface area contributed by atoms with Crippen LogP contribution in [0.3, 0.4) is 0 Å². The number of nitrogens with zero attached hydrogens (tertiary/aromatic N) is 1. The first-order valence-electron chi connectivity index (χ1n) is 26.0. The van der Waals surface area contributed by atoms with Gasteiger partial charge >= 0.3 is 0 Å². The lowest BCUT2D eigenvalue weighted by molar-refractivity contribution is -0.0399. The van der Waals surface area contributed by atoms with Crippen LogP contribution >= 0.6 is 0 Å². The molecule has 4 aromatic carbocycles. The highest BCUT2D eigenvalue weighted by molar-refractivity contribution is 5.88. The highest BCUT2D eigenvalue weighted by Gasteiger charge is 2.61. The van der Waals surface area contributed by atoms with E-state index in [1.807, 2.05) is 55.4 Å². The van der Waals surface area contributed by atoms with Gasteiger partial charge in [0.1, 0.15) is 0 Å². The molecule has 0 N–H and O–H groups in total. The molecule has 1 heteroatoms. The van der Waals surface area contributed by atoms with E-state index in [1.54, 1.807) is 4.90 Å². The van der Waals surface area contributed by atoms with Crippen molar-refractivity contribution < 1.29 is 17.8 Å². The van der Waals surface area contributed by atoms with Gasteiger partial charge in [0.25, 0.3) is 0 Å². The van der Waals surface area contributed by atoms with Gasteiger partial charge in [-0.1, -0.05) is 110 Å². The van der Waals surface area contributed by atoms with Crippen molar-refractivity contribution in [1.82, 2.24) is 0 Å². The number of hydrogen-bond acceptors (Lipinski definition) is 1. The minimum atomic E-state index is -1.07. The van der Waals surface area contributed by atoms with E-state index in [0.717, 1.165) is 32.1 Å². The molecule has 264 valence electrons. The Balaban J connectivity index is 1.45. The van der Waals surface area contributed by atoms with Crippen molar-refractivity contribution in [2.45, 2.75) is 140 Å². The third kappa shape index (κ3) is 4.33. The van der Waals surface area contributed by atoms with Crippen molar-refractivity contribution in [3.05, 3.63) is 112 Å². The molecule has 11 rings (SSSR count). The van der Waals surface area contributed by atoms with Crippen molar-refractivity contribution in [3.63, 3.8) is 0 Å². The Kier molecular flexibility index (Phi) is 4.37. The largest absolute Gasteiger partial charge is 0.310 e. The summed E-state index contributed by atoms with van der Waals surface area (Å²) < 4.78 is 126. The molecule has 0 saturated heterocycles. The molecule has 0 amide bonds. The molecular weight excluding hydrogens is 615 g/mol. The van der Waals surface area contributed by atoms with Gasteiger partial charge in [-0.3, -0.25) is 0 Å². The van der Waals surface area contributed by atoms with Crippen LogP contribution in [0.15, 0.2) is 78.6 Å². The molecule has 1 spiro atoms. The van der Waals surface area contributed by atoms with Gasteiger partial charge in [0.05, 0.1) is 29.2 Å². The van der Waals surface area contributed by atoms with E-state index in [-0.39, 0.29) is 106 Å². The lowest BCUT2D eigenvalue weighted by atomic mass is 9.43. The second kappa shape index (κ2) is 10.4. The maximum atomic E-state index is 10.8. The van der Waals surface area contributed by atoms with Crippen molar-refractivity contribution in [1.29, 1.82) is 0 Å². The third-order valence-electron chi connectivity index (χ3n) is 14.8. The first kappa shape index (κ1) is 21.4. The van der Waals surface area contributed by atoms with Gasteiger partial charge in [-0.15, -0.1) is 0 Å². The minimum absolute atomic E-state index is 0.0718. The molecule has 4 fully saturated rings. The molecule has 51 heavy (non-hydrogen) atoms. The molecule has 7 aliphatic carbocycles. The fraction of sp³-hybridized carbons (Fsp3) is 0.520. The number of anilines is 3. The Labute approximate surface area is 326 Å². The summed E-state index contributed by atoms with van der Waals surface area (Å²) in [5.74, 6) is 0.702. The van der Waals surface area contributed by atoms with E-state index in [1.165, 1.54) is 0 Å². The van der Waals surface area contributed by atoms with E-state index in [4.69, 9.17) is 2.74 Å². The summed E-state index contributed by atoms with van der Waals surface area (Å²) in [5, 5.41) is 0. The van der Waals surface area contributed by atoms with Gasteiger partial charge in [-0.05, 0) is 172 Å². The number of benzene rings is 4. The average Bonchev–Trinajstić information content (AvgIpc) is 3.54. The topological polar surface area (TPSA) is 3.24 Å². The standard InChI is InChI=1S/C50H59N/c1-46(2)21-23-48(5,6)44-39(46)15-11-17-42(44)51(43-18-12-16-40-45(43)49(7,8)24-22-47(40,3)4)35-19-20-37-36-13-9-10-14-38(36)50(41(37)30-35)33-26-31-25-32(28-33)29-34(50)27-31/h9-20,30-34H,21-29H2,1-8H3/i9D,10D,11D,12D,13D,14D,15D,16D,17D,18D,19D,20D,30D. The monoisotopic (exact) mass is 687 g/mol. The van der Waals surface area contributed by atoms with Gasteiger partial charge in [0, 0.05) is 11.1 Å². The third-order valence-corrected chi connectivity index (χ3v) is 14.8. The number of fused-ring (bicyclic) bond motifs is 5. The normalized spacial score (nSPS) is 34.3. The Morgan fingerprint density at radius 1 is 0.490 bits per heavy atom. The van der Waals surface area contributed by atoms with E-state index >= 15 is 0 Å². The SMILES string of the molecule is [2H]c1c([2H])c([2H])c2c(c1[2H])-c1c([2H])c([2H])c(N(c3c([2H])c([2H])c([2H])c4c3C(C)(C)CCC4(C)C)c3c([2H])c([2H])c([2H])c4c3C(C)(C)CCC4(C)C)c([2H])c1C21C2CC3CC(C2)CC1C3. The van der Waals surface area contributed by atoms with Crippen LogP contribution in [0.2, 0.25) is 0 Å². The summed E-state index contributed by atoms with van der Waals surface area (Å²) in [7, 11) is 0. The molecule has 0 atom stereocenters. The summed E-state index contributed by atoms with van der Waals surface area (Å²) in [6.07, 6.45) is 7.02.